The molecular formula is C22H30Cl2N2O3. The summed E-state index contributed by atoms with van der Waals surface area (Å²) in [6, 6.07) is 5.45. The maximum absolute atomic E-state index is 12.9. The fourth-order valence-electron chi connectivity index (χ4n) is 5.13. The number of ether oxygens (including phenoxy) is 2. The Hall–Kier alpha value is -1.01. The highest BCUT2D eigenvalue weighted by atomic mass is 35.5. The van der Waals surface area contributed by atoms with Gasteiger partial charge in [-0.2, -0.15) is 0 Å². The maximum atomic E-state index is 12.9. The Balaban J connectivity index is 1.41. The van der Waals surface area contributed by atoms with E-state index >= 15 is 0 Å². The molecule has 1 aromatic carbocycles. The molecule has 4 atom stereocenters. The molecule has 2 heterocycles. The van der Waals surface area contributed by atoms with Gasteiger partial charge in [0, 0.05) is 28.7 Å². The quantitative estimate of drug-likeness (QED) is 0.734. The molecule has 2 saturated heterocycles. The van der Waals surface area contributed by atoms with Crippen LogP contribution in [-0.4, -0.2) is 54.3 Å². The van der Waals surface area contributed by atoms with Crippen LogP contribution in [0.15, 0.2) is 18.2 Å². The molecule has 1 spiro atoms. The molecule has 3 aliphatic rings. The fourth-order valence-corrected chi connectivity index (χ4v) is 5.64. The number of hydrogen-bond acceptors (Lipinski definition) is 4. The van der Waals surface area contributed by atoms with E-state index in [1.54, 1.807) is 25.1 Å². The number of likely N-dealkylation sites (tertiary alicyclic amines) is 1. The van der Waals surface area contributed by atoms with Gasteiger partial charge in [-0.1, -0.05) is 23.2 Å². The normalized spacial score (nSPS) is 31.1. The lowest BCUT2D eigenvalue weighted by atomic mass is 9.76. The molecule has 1 aliphatic carbocycles. The van der Waals surface area contributed by atoms with Crippen molar-refractivity contribution in [2.45, 2.75) is 75.7 Å². The molecule has 2 aliphatic heterocycles. The number of rotatable bonds is 5. The zero-order valence-corrected chi connectivity index (χ0v) is 18.5. The number of nitrogens with one attached hydrogen (secondary N) is 1. The Bertz CT molecular complexity index is 713. The predicted molar refractivity (Wildman–Crippen MR) is 115 cm³/mol. The summed E-state index contributed by atoms with van der Waals surface area (Å²) in [4.78, 5) is 15.5. The summed E-state index contributed by atoms with van der Waals surface area (Å²) in [5, 5.41) is 4.25. The minimum absolute atomic E-state index is 0.0220. The summed E-state index contributed by atoms with van der Waals surface area (Å²) < 4.78 is 12.0. The first-order valence-corrected chi connectivity index (χ1v) is 11.5. The summed E-state index contributed by atoms with van der Waals surface area (Å²) in [7, 11) is 0. The molecule has 160 valence electrons. The lowest BCUT2D eigenvalue weighted by Crippen LogP contribution is -2.59. The van der Waals surface area contributed by atoms with E-state index in [-0.39, 0.29) is 17.6 Å². The van der Waals surface area contributed by atoms with Crippen molar-refractivity contribution in [3.8, 4) is 5.75 Å². The average molecular weight is 441 g/mol. The molecule has 0 radical (unpaired) electrons. The molecular weight excluding hydrogens is 411 g/mol. The first-order valence-electron chi connectivity index (χ1n) is 10.8. The van der Waals surface area contributed by atoms with Gasteiger partial charge < -0.3 is 14.8 Å². The van der Waals surface area contributed by atoms with Crippen LogP contribution in [0.1, 0.15) is 51.9 Å². The van der Waals surface area contributed by atoms with Crippen LogP contribution in [0.2, 0.25) is 10.0 Å². The Kier molecular flexibility index (Phi) is 6.59. The second-order valence-electron chi connectivity index (χ2n) is 8.67. The average Bonchev–Trinajstić information content (AvgIpc) is 3.35. The highest BCUT2D eigenvalue weighted by Gasteiger charge is 2.46. The number of nitrogens with zero attached hydrogens (tertiary/aromatic N) is 1. The summed E-state index contributed by atoms with van der Waals surface area (Å²) >= 11 is 12.1. The molecule has 5 nitrogen and oxygen atoms in total. The van der Waals surface area contributed by atoms with Crippen molar-refractivity contribution in [1.82, 2.24) is 10.2 Å². The summed E-state index contributed by atoms with van der Waals surface area (Å²) in [6.45, 7) is 4.86. The van der Waals surface area contributed by atoms with Crippen molar-refractivity contribution < 1.29 is 14.3 Å². The van der Waals surface area contributed by atoms with Gasteiger partial charge in [-0.05, 0) is 83.2 Å². The molecule has 4 rings (SSSR count). The van der Waals surface area contributed by atoms with Gasteiger partial charge in [0.05, 0.1) is 5.60 Å². The van der Waals surface area contributed by atoms with Gasteiger partial charge in [0.1, 0.15) is 5.75 Å². The van der Waals surface area contributed by atoms with E-state index in [1.807, 2.05) is 0 Å². The van der Waals surface area contributed by atoms with Crippen LogP contribution in [0.5, 0.6) is 5.75 Å². The van der Waals surface area contributed by atoms with Crippen molar-refractivity contribution in [1.29, 1.82) is 0 Å². The van der Waals surface area contributed by atoms with Crippen LogP contribution in [0.4, 0.5) is 0 Å². The molecule has 7 heteroatoms. The van der Waals surface area contributed by atoms with Crippen LogP contribution < -0.4 is 10.1 Å². The minimum atomic E-state index is -0.623. The largest absolute Gasteiger partial charge is 0.481 e. The van der Waals surface area contributed by atoms with Crippen molar-refractivity contribution in [2.24, 2.45) is 0 Å². The topological polar surface area (TPSA) is 50.8 Å². The molecule has 1 saturated carbocycles. The standard InChI is InChI=1S/C22H30Cl2N2O3/c1-15(29-18-12-16(23)11-17(24)13-18)21(27)25-19-5-7-22(6-4-10-28-22)14-20(19)26-8-2-3-9-26/h11-13,15,19-20H,2-10,14H2,1H3,(H,25,27). The number of carbonyl (C=O) groups is 1. The van der Waals surface area contributed by atoms with Crippen molar-refractivity contribution >= 4 is 29.1 Å². The Morgan fingerprint density at radius 2 is 1.93 bits per heavy atom. The molecule has 4 unspecified atom stereocenters. The highest BCUT2D eigenvalue weighted by Crippen LogP contribution is 2.41. The molecule has 1 amide bonds. The number of carbonyl (C=O) groups excluding carboxylic acids is 1. The van der Waals surface area contributed by atoms with Crippen LogP contribution in [0, 0.1) is 0 Å². The van der Waals surface area contributed by atoms with Crippen molar-refractivity contribution in [2.75, 3.05) is 19.7 Å². The highest BCUT2D eigenvalue weighted by molar-refractivity contribution is 6.34. The third-order valence-electron chi connectivity index (χ3n) is 6.60. The van der Waals surface area contributed by atoms with Gasteiger partial charge in [-0.3, -0.25) is 9.69 Å². The van der Waals surface area contributed by atoms with E-state index in [0.29, 0.717) is 21.8 Å². The third kappa shape index (κ3) is 5.01. The predicted octanol–water partition coefficient (Wildman–Crippen LogP) is 4.44. The summed E-state index contributed by atoms with van der Waals surface area (Å²) in [5.74, 6) is 0.404. The van der Waals surface area contributed by atoms with Gasteiger partial charge in [0.15, 0.2) is 6.10 Å². The number of amides is 1. The number of hydrogen-bond donors (Lipinski definition) is 1. The smallest absolute Gasteiger partial charge is 0.261 e. The minimum Gasteiger partial charge on any atom is -0.481 e. The van der Waals surface area contributed by atoms with Gasteiger partial charge >= 0.3 is 0 Å². The first-order chi connectivity index (χ1) is 13.9. The number of benzene rings is 1. The lowest BCUT2D eigenvalue weighted by Gasteiger charge is -2.46. The van der Waals surface area contributed by atoms with Crippen LogP contribution in [0.3, 0.4) is 0 Å². The molecule has 3 fully saturated rings. The van der Waals surface area contributed by atoms with Crippen LogP contribution >= 0.6 is 23.2 Å². The van der Waals surface area contributed by atoms with E-state index in [0.717, 1.165) is 51.8 Å². The third-order valence-corrected chi connectivity index (χ3v) is 7.03. The Morgan fingerprint density at radius 1 is 1.21 bits per heavy atom. The monoisotopic (exact) mass is 440 g/mol. The van der Waals surface area contributed by atoms with Crippen molar-refractivity contribution in [3.05, 3.63) is 28.2 Å². The molecule has 0 bridgehead atoms. The van der Waals surface area contributed by atoms with Crippen molar-refractivity contribution in [3.63, 3.8) is 0 Å². The summed E-state index contributed by atoms with van der Waals surface area (Å²) in [5.41, 5.74) is 0.0220. The molecule has 29 heavy (non-hydrogen) atoms. The van der Waals surface area contributed by atoms with Gasteiger partial charge in [-0.15, -0.1) is 0 Å². The summed E-state index contributed by atoms with van der Waals surface area (Å²) in [6.07, 6.45) is 7.12. The Labute approximate surface area is 183 Å². The van der Waals surface area contributed by atoms with Gasteiger partial charge in [-0.25, -0.2) is 0 Å². The zero-order chi connectivity index (χ0) is 20.4. The van der Waals surface area contributed by atoms with Crippen LogP contribution in [-0.2, 0) is 9.53 Å². The van der Waals surface area contributed by atoms with Crippen LogP contribution in [0.25, 0.3) is 0 Å². The fraction of sp³-hybridized carbons (Fsp3) is 0.682. The second kappa shape index (κ2) is 9.01. The van der Waals surface area contributed by atoms with E-state index < -0.39 is 6.10 Å². The van der Waals surface area contributed by atoms with E-state index in [4.69, 9.17) is 32.7 Å². The maximum Gasteiger partial charge on any atom is 0.261 e. The van der Waals surface area contributed by atoms with E-state index in [9.17, 15) is 4.79 Å². The molecule has 1 N–H and O–H groups in total. The molecule has 1 aromatic rings. The lowest BCUT2D eigenvalue weighted by molar-refractivity contribution is -0.130. The number of halogens is 2. The SMILES string of the molecule is CC(Oc1cc(Cl)cc(Cl)c1)C(=O)NC1CCC2(CCCO2)CC1N1CCCC1. The van der Waals surface area contributed by atoms with Gasteiger partial charge in [0.25, 0.3) is 5.91 Å². The first kappa shape index (κ1) is 21.2. The molecule has 0 aromatic heterocycles. The van der Waals surface area contributed by atoms with E-state index in [1.165, 1.54) is 12.8 Å². The van der Waals surface area contributed by atoms with Gasteiger partial charge in [0.2, 0.25) is 0 Å². The second-order valence-corrected chi connectivity index (χ2v) is 9.54. The Morgan fingerprint density at radius 3 is 2.59 bits per heavy atom. The van der Waals surface area contributed by atoms with E-state index in [2.05, 4.69) is 10.2 Å². The zero-order valence-electron chi connectivity index (χ0n) is 17.0.